The Morgan fingerprint density at radius 1 is 1.17 bits per heavy atom. The highest BCUT2D eigenvalue weighted by Gasteiger charge is 2.24. The molecule has 5 nitrogen and oxygen atoms in total. The first-order chi connectivity index (χ1) is 11.3. The topological polar surface area (TPSA) is 54.6 Å². The summed E-state index contributed by atoms with van der Waals surface area (Å²) in [6.07, 6.45) is 3.45. The Labute approximate surface area is 136 Å². The number of benzene rings is 1. The maximum atomic E-state index is 12.5. The van der Waals surface area contributed by atoms with Gasteiger partial charge in [-0.3, -0.25) is 4.90 Å². The number of hydrogen-bond donors (Lipinski definition) is 1. The number of aromatic amines is 1. The Balaban J connectivity index is 1.63. The highest BCUT2D eigenvalue weighted by Crippen LogP contribution is 2.21. The van der Waals surface area contributed by atoms with Crippen LogP contribution < -0.4 is 4.90 Å². The molecule has 0 unspecified atom stereocenters. The monoisotopic (exact) mass is 314 g/mol. The minimum absolute atomic E-state index is 0.282. The van der Waals surface area contributed by atoms with Crippen molar-refractivity contribution in [2.75, 3.05) is 24.7 Å². The second kappa shape index (κ2) is 7.83. The number of aromatic nitrogens is 1. The van der Waals surface area contributed by atoms with Gasteiger partial charge in [0.25, 0.3) is 0 Å². The largest absolute Gasteiger partial charge is 0.444 e. The Morgan fingerprint density at radius 3 is 2.65 bits per heavy atom. The average molecular weight is 314 g/mol. The van der Waals surface area contributed by atoms with Crippen molar-refractivity contribution in [3.05, 3.63) is 54.2 Å². The van der Waals surface area contributed by atoms with E-state index in [1.165, 1.54) is 0 Å². The smallest absolute Gasteiger partial charge is 0.415 e. The third-order valence-electron chi connectivity index (χ3n) is 4.08. The molecule has 1 saturated heterocycles. The molecule has 1 aromatic heterocycles. The van der Waals surface area contributed by atoms with Gasteiger partial charge in [-0.15, -0.1) is 0 Å². The van der Waals surface area contributed by atoms with E-state index >= 15 is 0 Å². The van der Waals surface area contributed by atoms with Crippen molar-refractivity contribution in [3.8, 4) is 0 Å². The third-order valence-corrected chi connectivity index (χ3v) is 4.08. The minimum atomic E-state index is -0.317. The Bertz CT molecular complexity index is 592. The van der Waals surface area contributed by atoms with Crippen LogP contribution in [0.5, 0.6) is 0 Å². The second-order valence-corrected chi connectivity index (χ2v) is 5.76. The summed E-state index contributed by atoms with van der Waals surface area (Å²) in [7, 11) is 0. The lowest BCUT2D eigenvalue weighted by Gasteiger charge is -2.28. The lowest BCUT2D eigenvalue weighted by Crippen LogP contribution is -2.37. The first kappa shape index (κ1) is 15.6. The SMILES string of the molecule is O=C(OCc1ccccc1)N(CC1CCOCC1)c1ccc[nH]1. The number of nitrogens with zero attached hydrogens (tertiary/aromatic N) is 1. The van der Waals surface area contributed by atoms with Gasteiger partial charge >= 0.3 is 6.09 Å². The zero-order chi connectivity index (χ0) is 15.9. The van der Waals surface area contributed by atoms with Crippen LogP contribution in [0.3, 0.4) is 0 Å². The number of amides is 1. The van der Waals surface area contributed by atoms with E-state index in [2.05, 4.69) is 4.98 Å². The molecule has 0 spiro atoms. The first-order valence-electron chi connectivity index (χ1n) is 8.02. The van der Waals surface area contributed by atoms with E-state index in [0.717, 1.165) is 37.4 Å². The fourth-order valence-electron chi connectivity index (χ4n) is 2.74. The number of ether oxygens (including phenoxy) is 2. The molecule has 23 heavy (non-hydrogen) atoms. The van der Waals surface area contributed by atoms with Crippen molar-refractivity contribution in [1.82, 2.24) is 4.98 Å². The molecule has 1 N–H and O–H groups in total. The lowest BCUT2D eigenvalue weighted by atomic mass is 10.00. The second-order valence-electron chi connectivity index (χ2n) is 5.76. The van der Waals surface area contributed by atoms with Gasteiger partial charge in [0.2, 0.25) is 0 Å². The molecule has 0 saturated carbocycles. The van der Waals surface area contributed by atoms with E-state index in [1.807, 2.05) is 48.7 Å². The third kappa shape index (κ3) is 4.36. The van der Waals surface area contributed by atoms with Crippen molar-refractivity contribution in [3.63, 3.8) is 0 Å². The number of carbonyl (C=O) groups is 1. The van der Waals surface area contributed by atoms with Crippen LogP contribution in [0.25, 0.3) is 0 Å². The summed E-state index contributed by atoms with van der Waals surface area (Å²) in [5, 5.41) is 0. The maximum absolute atomic E-state index is 12.5. The van der Waals surface area contributed by atoms with Gasteiger partial charge in [-0.05, 0) is 36.5 Å². The molecule has 2 aromatic rings. The quantitative estimate of drug-likeness (QED) is 0.917. The lowest BCUT2D eigenvalue weighted by molar-refractivity contribution is 0.0672. The van der Waals surface area contributed by atoms with E-state index < -0.39 is 0 Å². The highest BCUT2D eigenvalue weighted by molar-refractivity contribution is 5.86. The molecule has 1 fully saturated rings. The van der Waals surface area contributed by atoms with Gasteiger partial charge in [0.05, 0.1) is 0 Å². The number of nitrogens with one attached hydrogen (secondary N) is 1. The maximum Gasteiger partial charge on any atom is 0.415 e. The fraction of sp³-hybridized carbons (Fsp3) is 0.389. The van der Waals surface area contributed by atoms with Crippen LogP contribution in [-0.2, 0) is 16.1 Å². The molecule has 0 radical (unpaired) electrons. The number of anilines is 1. The Kier molecular flexibility index (Phi) is 5.32. The van der Waals surface area contributed by atoms with E-state index in [0.29, 0.717) is 12.5 Å². The van der Waals surface area contributed by atoms with Crippen LogP contribution in [0, 0.1) is 5.92 Å². The summed E-state index contributed by atoms with van der Waals surface area (Å²) in [5.74, 6) is 1.21. The van der Waals surface area contributed by atoms with Gasteiger partial charge in [0.15, 0.2) is 0 Å². The zero-order valence-electron chi connectivity index (χ0n) is 13.1. The summed E-state index contributed by atoms with van der Waals surface area (Å²) in [6, 6.07) is 13.5. The summed E-state index contributed by atoms with van der Waals surface area (Å²) in [4.78, 5) is 17.3. The molecule has 3 rings (SSSR count). The standard InChI is InChI=1S/C18H22N2O3/c21-18(23-14-16-5-2-1-3-6-16)20(17-7-4-10-19-17)13-15-8-11-22-12-9-15/h1-7,10,15,19H,8-9,11-14H2. The Morgan fingerprint density at radius 2 is 1.96 bits per heavy atom. The molecular weight excluding hydrogens is 292 g/mol. The molecule has 0 bridgehead atoms. The van der Waals surface area contributed by atoms with Gasteiger partial charge < -0.3 is 14.5 Å². The zero-order valence-corrected chi connectivity index (χ0v) is 13.1. The van der Waals surface area contributed by atoms with Crippen LogP contribution >= 0.6 is 0 Å². The molecule has 0 atom stereocenters. The first-order valence-corrected chi connectivity index (χ1v) is 8.02. The number of rotatable bonds is 5. The molecule has 1 aliphatic rings. The van der Waals surface area contributed by atoms with E-state index in [9.17, 15) is 4.79 Å². The van der Waals surface area contributed by atoms with Crippen molar-refractivity contribution in [1.29, 1.82) is 0 Å². The molecule has 5 heteroatoms. The van der Waals surface area contributed by atoms with Gasteiger partial charge in [-0.25, -0.2) is 4.79 Å². The van der Waals surface area contributed by atoms with Crippen molar-refractivity contribution in [2.24, 2.45) is 5.92 Å². The summed E-state index contributed by atoms with van der Waals surface area (Å²) >= 11 is 0. The van der Waals surface area contributed by atoms with Gasteiger partial charge in [0.1, 0.15) is 12.4 Å². The highest BCUT2D eigenvalue weighted by atomic mass is 16.6. The van der Waals surface area contributed by atoms with Crippen molar-refractivity contribution in [2.45, 2.75) is 19.4 Å². The van der Waals surface area contributed by atoms with Gasteiger partial charge in [-0.2, -0.15) is 0 Å². The number of carbonyl (C=O) groups excluding carboxylic acids is 1. The van der Waals surface area contributed by atoms with Crippen LogP contribution in [0.1, 0.15) is 18.4 Å². The Hall–Kier alpha value is -2.27. The molecule has 0 aliphatic carbocycles. The van der Waals surface area contributed by atoms with Crippen LogP contribution in [0.15, 0.2) is 48.7 Å². The van der Waals surface area contributed by atoms with Crippen LogP contribution in [0.2, 0.25) is 0 Å². The summed E-state index contributed by atoms with van der Waals surface area (Å²) < 4.78 is 10.9. The summed E-state index contributed by atoms with van der Waals surface area (Å²) in [5.41, 5.74) is 0.985. The molecular formula is C18H22N2O3. The molecule has 1 amide bonds. The normalized spacial score (nSPS) is 15.3. The number of hydrogen-bond acceptors (Lipinski definition) is 3. The van der Waals surface area contributed by atoms with E-state index in [1.54, 1.807) is 4.90 Å². The molecule has 1 aliphatic heterocycles. The van der Waals surface area contributed by atoms with E-state index in [-0.39, 0.29) is 12.7 Å². The predicted octanol–water partition coefficient (Wildman–Crippen LogP) is 3.58. The molecule has 2 heterocycles. The summed E-state index contributed by atoms with van der Waals surface area (Å²) in [6.45, 7) is 2.47. The minimum Gasteiger partial charge on any atom is -0.444 e. The van der Waals surface area contributed by atoms with Crippen LogP contribution in [0.4, 0.5) is 10.6 Å². The fourth-order valence-corrected chi connectivity index (χ4v) is 2.74. The van der Waals surface area contributed by atoms with Gasteiger partial charge in [-0.1, -0.05) is 30.3 Å². The molecule has 1 aromatic carbocycles. The van der Waals surface area contributed by atoms with E-state index in [4.69, 9.17) is 9.47 Å². The van der Waals surface area contributed by atoms with Crippen molar-refractivity contribution >= 4 is 11.9 Å². The molecule has 122 valence electrons. The van der Waals surface area contributed by atoms with Gasteiger partial charge in [0, 0.05) is 26.0 Å². The average Bonchev–Trinajstić information content (AvgIpc) is 3.14. The number of H-pyrrole nitrogens is 1. The van der Waals surface area contributed by atoms with Crippen LogP contribution in [-0.4, -0.2) is 30.8 Å². The van der Waals surface area contributed by atoms with Crippen molar-refractivity contribution < 1.29 is 14.3 Å². The predicted molar refractivity (Wildman–Crippen MR) is 88.3 cm³/mol.